The van der Waals surface area contributed by atoms with Crippen LogP contribution in [-0.2, 0) is 4.79 Å². The minimum atomic E-state index is 0.167. The highest BCUT2D eigenvalue weighted by atomic mass is 32.1. The van der Waals surface area contributed by atoms with Crippen LogP contribution in [-0.4, -0.2) is 34.1 Å². The van der Waals surface area contributed by atoms with E-state index in [0.29, 0.717) is 24.7 Å². The average Bonchev–Trinajstić information content (AvgIpc) is 3.18. The van der Waals surface area contributed by atoms with Crippen LogP contribution in [0.2, 0.25) is 0 Å². The summed E-state index contributed by atoms with van der Waals surface area (Å²) in [5.41, 5.74) is 0. The molecule has 0 N–H and O–H groups in total. The van der Waals surface area contributed by atoms with Gasteiger partial charge in [-0.15, -0.1) is 21.5 Å². The first-order valence-electron chi connectivity index (χ1n) is 7.43. The van der Waals surface area contributed by atoms with Gasteiger partial charge in [-0.1, -0.05) is 13.0 Å². The van der Waals surface area contributed by atoms with Crippen molar-refractivity contribution in [1.29, 1.82) is 0 Å². The number of carbonyl (C=O) groups excluding carboxylic acids is 1. The van der Waals surface area contributed by atoms with Crippen molar-refractivity contribution >= 4 is 17.2 Å². The molecule has 1 atom stereocenters. The first-order chi connectivity index (χ1) is 10.3. The second kappa shape index (κ2) is 6.39. The number of amides is 1. The highest BCUT2D eigenvalue weighted by molar-refractivity contribution is 7.13. The van der Waals surface area contributed by atoms with Crippen molar-refractivity contribution in [2.45, 2.75) is 38.5 Å². The predicted octanol–water partition coefficient (Wildman–Crippen LogP) is 3.30. The summed E-state index contributed by atoms with van der Waals surface area (Å²) in [6.07, 6.45) is 3.51. The molecule has 0 aliphatic carbocycles. The second-order valence-electron chi connectivity index (χ2n) is 5.35. The summed E-state index contributed by atoms with van der Waals surface area (Å²) in [5.74, 6) is 1.64. The summed E-state index contributed by atoms with van der Waals surface area (Å²) in [4.78, 5) is 15.0. The molecular weight excluding hydrogens is 286 g/mol. The van der Waals surface area contributed by atoms with Gasteiger partial charge in [0.25, 0.3) is 5.89 Å². The van der Waals surface area contributed by atoms with E-state index in [1.54, 1.807) is 11.3 Å². The molecule has 1 amide bonds. The van der Waals surface area contributed by atoms with E-state index in [2.05, 4.69) is 10.2 Å². The first kappa shape index (κ1) is 14.3. The van der Waals surface area contributed by atoms with E-state index >= 15 is 0 Å². The van der Waals surface area contributed by atoms with Crippen LogP contribution in [0, 0.1) is 0 Å². The lowest BCUT2D eigenvalue weighted by atomic mass is 9.97. The predicted molar refractivity (Wildman–Crippen MR) is 81.1 cm³/mol. The fourth-order valence-electron chi connectivity index (χ4n) is 2.68. The Morgan fingerprint density at radius 1 is 1.52 bits per heavy atom. The van der Waals surface area contributed by atoms with Gasteiger partial charge in [0.2, 0.25) is 11.8 Å². The Kier molecular flexibility index (Phi) is 4.34. The number of piperidine rings is 1. The lowest BCUT2D eigenvalue weighted by Gasteiger charge is -2.31. The van der Waals surface area contributed by atoms with Crippen molar-refractivity contribution < 1.29 is 9.21 Å². The van der Waals surface area contributed by atoms with Crippen LogP contribution in [0.1, 0.15) is 44.4 Å². The van der Waals surface area contributed by atoms with E-state index < -0.39 is 0 Å². The largest absolute Gasteiger partial charge is 0.420 e. The topological polar surface area (TPSA) is 59.2 Å². The molecule has 1 fully saturated rings. The Morgan fingerprint density at radius 2 is 2.43 bits per heavy atom. The molecule has 0 saturated carbocycles. The zero-order chi connectivity index (χ0) is 14.7. The molecule has 112 valence electrons. The van der Waals surface area contributed by atoms with E-state index in [-0.39, 0.29) is 11.8 Å². The molecule has 5 nitrogen and oxygen atoms in total. The fourth-order valence-corrected chi connectivity index (χ4v) is 3.32. The number of nitrogens with zero attached hydrogens (tertiary/aromatic N) is 3. The summed E-state index contributed by atoms with van der Waals surface area (Å²) in [7, 11) is 0. The molecular formula is C15H19N3O2S. The molecule has 2 aromatic rings. The van der Waals surface area contributed by atoms with Crippen molar-refractivity contribution in [3.05, 3.63) is 23.4 Å². The van der Waals surface area contributed by atoms with Gasteiger partial charge in [0.1, 0.15) is 0 Å². The van der Waals surface area contributed by atoms with Gasteiger partial charge in [-0.2, -0.15) is 0 Å². The van der Waals surface area contributed by atoms with Crippen LogP contribution in [0.15, 0.2) is 21.9 Å². The third-order valence-corrected chi connectivity index (χ3v) is 4.62. The Balaban J connectivity index is 1.70. The molecule has 0 spiro atoms. The molecule has 1 aliphatic heterocycles. The van der Waals surface area contributed by atoms with Crippen LogP contribution in [0.25, 0.3) is 10.8 Å². The van der Waals surface area contributed by atoms with Crippen LogP contribution in [0.4, 0.5) is 0 Å². The van der Waals surface area contributed by atoms with Crippen molar-refractivity contribution in [2.24, 2.45) is 0 Å². The third-order valence-electron chi connectivity index (χ3n) is 3.76. The number of hydrogen-bond acceptors (Lipinski definition) is 5. The molecule has 1 unspecified atom stereocenters. The summed E-state index contributed by atoms with van der Waals surface area (Å²) in [6, 6.07) is 3.94. The number of aromatic nitrogens is 2. The molecule has 3 rings (SSSR count). The second-order valence-corrected chi connectivity index (χ2v) is 6.30. The van der Waals surface area contributed by atoms with Crippen molar-refractivity contribution in [1.82, 2.24) is 15.1 Å². The molecule has 1 aliphatic rings. The van der Waals surface area contributed by atoms with Crippen molar-refractivity contribution in [3.63, 3.8) is 0 Å². The van der Waals surface area contributed by atoms with Gasteiger partial charge in [0, 0.05) is 19.5 Å². The quantitative estimate of drug-likeness (QED) is 0.869. The van der Waals surface area contributed by atoms with Gasteiger partial charge in [0.05, 0.1) is 10.8 Å². The third kappa shape index (κ3) is 3.15. The van der Waals surface area contributed by atoms with E-state index in [9.17, 15) is 4.79 Å². The number of likely N-dealkylation sites (tertiary alicyclic amines) is 1. The van der Waals surface area contributed by atoms with E-state index in [4.69, 9.17) is 4.42 Å². The van der Waals surface area contributed by atoms with Gasteiger partial charge in [0.15, 0.2) is 0 Å². The highest BCUT2D eigenvalue weighted by Crippen LogP contribution is 2.30. The monoisotopic (exact) mass is 305 g/mol. The number of carbonyl (C=O) groups is 1. The van der Waals surface area contributed by atoms with E-state index in [1.807, 2.05) is 29.3 Å². The van der Waals surface area contributed by atoms with Crippen molar-refractivity contribution in [3.8, 4) is 10.8 Å². The molecule has 6 heteroatoms. The van der Waals surface area contributed by atoms with Gasteiger partial charge in [-0.3, -0.25) is 4.79 Å². The minimum absolute atomic E-state index is 0.167. The minimum Gasteiger partial charge on any atom is -0.420 e. The van der Waals surface area contributed by atoms with Crippen LogP contribution in [0.3, 0.4) is 0 Å². The van der Waals surface area contributed by atoms with Gasteiger partial charge < -0.3 is 9.32 Å². The maximum absolute atomic E-state index is 12.0. The Labute approximate surface area is 128 Å². The SMILES string of the molecule is CCCC(=O)N1CCCC(c2nnc(-c3cccs3)o2)C1. The Morgan fingerprint density at radius 3 is 3.19 bits per heavy atom. The summed E-state index contributed by atoms with van der Waals surface area (Å²) in [6.45, 7) is 3.58. The standard InChI is InChI=1S/C15H19N3O2S/c1-2-5-13(19)18-8-3-6-11(10-18)14-16-17-15(20-14)12-7-4-9-21-12/h4,7,9,11H,2-3,5-6,8,10H2,1H3. The summed E-state index contributed by atoms with van der Waals surface area (Å²) >= 11 is 1.59. The molecule has 0 bridgehead atoms. The zero-order valence-corrected chi connectivity index (χ0v) is 12.9. The summed E-state index contributed by atoms with van der Waals surface area (Å²) in [5, 5.41) is 10.3. The highest BCUT2D eigenvalue weighted by Gasteiger charge is 2.28. The average molecular weight is 305 g/mol. The molecule has 0 radical (unpaired) electrons. The van der Waals surface area contributed by atoms with Gasteiger partial charge in [-0.05, 0) is 30.7 Å². The Bertz CT molecular complexity index is 594. The van der Waals surface area contributed by atoms with Crippen molar-refractivity contribution in [2.75, 3.05) is 13.1 Å². The molecule has 3 heterocycles. The van der Waals surface area contributed by atoms with Gasteiger partial charge >= 0.3 is 0 Å². The Hall–Kier alpha value is -1.69. The maximum Gasteiger partial charge on any atom is 0.257 e. The number of thiophene rings is 1. The van der Waals surface area contributed by atoms with E-state index in [1.165, 1.54) is 0 Å². The smallest absolute Gasteiger partial charge is 0.257 e. The lowest BCUT2D eigenvalue weighted by molar-refractivity contribution is -0.132. The van der Waals surface area contributed by atoms with Crippen LogP contribution >= 0.6 is 11.3 Å². The molecule has 1 saturated heterocycles. The van der Waals surface area contributed by atoms with Crippen LogP contribution < -0.4 is 0 Å². The lowest BCUT2D eigenvalue weighted by Crippen LogP contribution is -2.39. The zero-order valence-electron chi connectivity index (χ0n) is 12.1. The molecule has 21 heavy (non-hydrogen) atoms. The molecule has 0 aromatic carbocycles. The first-order valence-corrected chi connectivity index (χ1v) is 8.31. The van der Waals surface area contributed by atoms with E-state index in [0.717, 1.165) is 30.7 Å². The normalized spacial score (nSPS) is 18.9. The molecule has 2 aromatic heterocycles. The van der Waals surface area contributed by atoms with Crippen LogP contribution in [0.5, 0.6) is 0 Å². The fraction of sp³-hybridized carbons (Fsp3) is 0.533. The maximum atomic E-state index is 12.0. The number of rotatable bonds is 4. The van der Waals surface area contributed by atoms with Gasteiger partial charge in [-0.25, -0.2) is 0 Å². The summed E-state index contributed by atoms with van der Waals surface area (Å²) < 4.78 is 5.81. The number of hydrogen-bond donors (Lipinski definition) is 0.